The van der Waals surface area contributed by atoms with Gasteiger partial charge in [0, 0.05) is 29.7 Å². The van der Waals surface area contributed by atoms with Gasteiger partial charge in [-0.15, -0.1) is 11.3 Å². The van der Waals surface area contributed by atoms with Crippen LogP contribution in [0.3, 0.4) is 0 Å². The fourth-order valence-corrected chi connectivity index (χ4v) is 4.76. The molecule has 0 fully saturated rings. The van der Waals surface area contributed by atoms with Crippen LogP contribution < -0.4 is 10.1 Å². The zero-order valence-corrected chi connectivity index (χ0v) is 21.3. The summed E-state index contributed by atoms with van der Waals surface area (Å²) in [7, 11) is 0. The minimum absolute atomic E-state index is 0.00610. The van der Waals surface area contributed by atoms with E-state index in [4.69, 9.17) is 14.8 Å². The summed E-state index contributed by atoms with van der Waals surface area (Å²) < 4.78 is 7.27. The van der Waals surface area contributed by atoms with E-state index in [1.165, 1.54) is 4.70 Å². The number of anilines is 1. The Morgan fingerprint density at radius 3 is 2.36 bits per heavy atom. The van der Waals surface area contributed by atoms with Gasteiger partial charge in [-0.05, 0) is 73.0 Å². The highest BCUT2D eigenvalue weighted by atomic mass is 32.1. The fraction of sp³-hybridized carbons (Fsp3) is 0.276. The number of hydrogen-bond acceptors (Lipinski definition) is 6. The fourth-order valence-electron chi connectivity index (χ4n) is 3.79. The summed E-state index contributed by atoms with van der Waals surface area (Å²) in [6.07, 6.45) is 0.591. The number of ketones is 1. The quantitative estimate of drug-likeness (QED) is 0.205. The third-order valence-electron chi connectivity index (χ3n) is 5.98. The van der Waals surface area contributed by atoms with Gasteiger partial charge in [0.15, 0.2) is 5.78 Å². The molecule has 0 bridgehead atoms. The van der Waals surface area contributed by atoms with Gasteiger partial charge in [-0.25, -0.2) is 4.98 Å². The molecule has 4 aromatic rings. The number of thiazole rings is 1. The lowest BCUT2D eigenvalue weighted by Crippen LogP contribution is -2.32. The Kier molecular flexibility index (Phi) is 8.33. The highest BCUT2D eigenvalue weighted by Gasteiger charge is 2.15. The number of para-hydroxylation sites is 1. The zero-order chi connectivity index (χ0) is 25.5. The standard InChI is InChI=1S/C29H30N2O4S/c1-19(2)25(30-22-14-10-20(11-15-22)26(32)7-5-9-28(33)34)18-35-23-16-12-21(13-17-23)29-31-24-6-3-4-8-27(24)36-29/h3-4,6,8,10-17,19,25,30H,5,7,9,18H2,1-2H3,(H,33,34)/t25-/m0/s1. The van der Waals surface area contributed by atoms with Crippen LogP contribution in [-0.4, -0.2) is 34.5 Å². The summed E-state index contributed by atoms with van der Waals surface area (Å²) in [4.78, 5) is 27.6. The zero-order valence-electron chi connectivity index (χ0n) is 20.4. The number of carbonyl (C=O) groups is 2. The molecule has 0 saturated heterocycles. The van der Waals surface area contributed by atoms with Gasteiger partial charge < -0.3 is 15.2 Å². The molecule has 0 radical (unpaired) electrons. The van der Waals surface area contributed by atoms with E-state index in [1.54, 1.807) is 23.5 Å². The molecule has 0 spiro atoms. The third-order valence-corrected chi connectivity index (χ3v) is 7.07. The Labute approximate surface area is 215 Å². The van der Waals surface area contributed by atoms with Crippen LogP contribution in [0.2, 0.25) is 0 Å². The topological polar surface area (TPSA) is 88.5 Å². The number of benzene rings is 3. The molecule has 1 aromatic heterocycles. The van der Waals surface area contributed by atoms with E-state index in [2.05, 4.69) is 25.2 Å². The molecule has 36 heavy (non-hydrogen) atoms. The highest BCUT2D eigenvalue weighted by Crippen LogP contribution is 2.31. The maximum absolute atomic E-state index is 12.3. The van der Waals surface area contributed by atoms with Crippen LogP contribution in [0.5, 0.6) is 5.75 Å². The molecule has 0 saturated carbocycles. The van der Waals surface area contributed by atoms with Crippen molar-refractivity contribution in [3.8, 4) is 16.3 Å². The Bertz CT molecular complexity index is 1280. The number of Topliss-reactive ketones (excluding diaryl/α,β-unsaturated/α-hetero) is 1. The van der Waals surface area contributed by atoms with Crippen LogP contribution in [0.25, 0.3) is 20.8 Å². The predicted molar refractivity (Wildman–Crippen MR) is 145 cm³/mol. The molecule has 4 rings (SSSR count). The van der Waals surface area contributed by atoms with Gasteiger partial charge in [0.1, 0.15) is 17.4 Å². The van der Waals surface area contributed by atoms with Gasteiger partial charge in [-0.3, -0.25) is 9.59 Å². The molecular weight excluding hydrogens is 472 g/mol. The van der Waals surface area contributed by atoms with E-state index < -0.39 is 5.97 Å². The largest absolute Gasteiger partial charge is 0.491 e. The monoisotopic (exact) mass is 502 g/mol. The molecule has 186 valence electrons. The van der Waals surface area contributed by atoms with E-state index >= 15 is 0 Å². The van der Waals surface area contributed by atoms with Crippen molar-refractivity contribution in [1.82, 2.24) is 4.98 Å². The summed E-state index contributed by atoms with van der Waals surface area (Å²) in [5, 5.41) is 13.2. The molecule has 0 amide bonds. The molecule has 7 heteroatoms. The first-order chi connectivity index (χ1) is 17.4. The Morgan fingerprint density at radius 2 is 1.69 bits per heavy atom. The van der Waals surface area contributed by atoms with Crippen molar-refractivity contribution in [2.75, 3.05) is 11.9 Å². The second-order valence-corrected chi connectivity index (χ2v) is 10.1. The molecular formula is C29H30N2O4S. The number of rotatable bonds is 12. The third kappa shape index (κ3) is 6.70. The second-order valence-electron chi connectivity index (χ2n) is 9.06. The van der Waals surface area contributed by atoms with Crippen LogP contribution in [0.15, 0.2) is 72.8 Å². The van der Waals surface area contributed by atoms with Crippen molar-refractivity contribution >= 4 is 39.0 Å². The first kappa shape index (κ1) is 25.4. The van der Waals surface area contributed by atoms with Gasteiger partial charge in [0.25, 0.3) is 0 Å². The molecule has 1 heterocycles. The van der Waals surface area contributed by atoms with Crippen molar-refractivity contribution in [2.45, 2.75) is 39.2 Å². The van der Waals surface area contributed by atoms with Gasteiger partial charge in [0.05, 0.1) is 16.3 Å². The summed E-state index contributed by atoms with van der Waals surface area (Å²) in [5.41, 5.74) is 3.58. The van der Waals surface area contributed by atoms with Crippen LogP contribution >= 0.6 is 11.3 Å². The number of aliphatic carboxylic acids is 1. The molecule has 0 aliphatic heterocycles. The molecule has 6 nitrogen and oxygen atoms in total. The Morgan fingerprint density at radius 1 is 0.972 bits per heavy atom. The number of fused-ring (bicyclic) bond motifs is 1. The van der Waals surface area contributed by atoms with Gasteiger partial charge >= 0.3 is 5.97 Å². The van der Waals surface area contributed by atoms with Crippen LogP contribution in [-0.2, 0) is 4.79 Å². The number of carboxylic acids is 1. The van der Waals surface area contributed by atoms with Crippen molar-refractivity contribution in [3.63, 3.8) is 0 Å². The number of carboxylic acid groups (broad SMARTS) is 1. The molecule has 2 N–H and O–H groups in total. The number of nitrogens with one attached hydrogen (secondary N) is 1. The summed E-state index contributed by atoms with van der Waals surface area (Å²) in [6, 6.07) is 23.6. The lowest BCUT2D eigenvalue weighted by Gasteiger charge is -2.24. The van der Waals surface area contributed by atoms with Gasteiger partial charge in [-0.1, -0.05) is 26.0 Å². The average Bonchev–Trinajstić information content (AvgIpc) is 3.31. The van der Waals surface area contributed by atoms with Crippen molar-refractivity contribution in [3.05, 3.63) is 78.4 Å². The summed E-state index contributed by atoms with van der Waals surface area (Å²) >= 11 is 1.68. The minimum Gasteiger partial charge on any atom is -0.491 e. The lowest BCUT2D eigenvalue weighted by atomic mass is 10.0. The lowest BCUT2D eigenvalue weighted by molar-refractivity contribution is -0.137. The van der Waals surface area contributed by atoms with Gasteiger partial charge in [-0.2, -0.15) is 0 Å². The van der Waals surface area contributed by atoms with Crippen molar-refractivity contribution in [2.24, 2.45) is 5.92 Å². The molecule has 1 atom stereocenters. The van der Waals surface area contributed by atoms with Crippen molar-refractivity contribution < 1.29 is 19.4 Å². The molecule has 0 aliphatic rings. The highest BCUT2D eigenvalue weighted by molar-refractivity contribution is 7.21. The molecule has 0 unspecified atom stereocenters. The predicted octanol–water partition coefficient (Wildman–Crippen LogP) is 6.92. The molecule has 3 aromatic carbocycles. The van der Waals surface area contributed by atoms with Crippen LogP contribution in [0, 0.1) is 5.92 Å². The van der Waals surface area contributed by atoms with E-state index in [0.29, 0.717) is 24.5 Å². The Balaban J connectivity index is 1.32. The van der Waals surface area contributed by atoms with E-state index in [-0.39, 0.29) is 24.7 Å². The van der Waals surface area contributed by atoms with Crippen LogP contribution in [0.4, 0.5) is 5.69 Å². The molecule has 0 aliphatic carbocycles. The second kappa shape index (κ2) is 11.8. The first-order valence-electron chi connectivity index (χ1n) is 12.1. The number of ether oxygens (including phenoxy) is 1. The maximum Gasteiger partial charge on any atom is 0.303 e. The van der Waals surface area contributed by atoms with E-state index in [0.717, 1.165) is 27.5 Å². The number of hydrogen-bond donors (Lipinski definition) is 2. The smallest absolute Gasteiger partial charge is 0.303 e. The summed E-state index contributed by atoms with van der Waals surface area (Å²) in [5.74, 6) is 0.202. The normalized spacial score (nSPS) is 12.0. The van der Waals surface area contributed by atoms with E-state index in [9.17, 15) is 9.59 Å². The van der Waals surface area contributed by atoms with E-state index in [1.807, 2.05) is 54.6 Å². The minimum atomic E-state index is -0.881. The summed E-state index contributed by atoms with van der Waals surface area (Å²) in [6.45, 7) is 4.77. The number of aromatic nitrogens is 1. The maximum atomic E-state index is 12.3. The van der Waals surface area contributed by atoms with Crippen LogP contribution in [0.1, 0.15) is 43.5 Å². The average molecular weight is 503 g/mol. The van der Waals surface area contributed by atoms with Gasteiger partial charge in [0.2, 0.25) is 0 Å². The number of carbonyl (C=O) groups excluding carboxylic acids is 1. The Hall–Kier alpha value is -3.71. The SMILES string of the molecule is CC(C)[C@H](COc1ccc(-c2nc3ccccc3s2)cc1)Nc1ccc(C(=O)CCCC(=O)O)cc1. The first-order valence-corrected chi connectivity index (χ1v) is 12.9. The number of nitrogens with zero attached hydrogens (tertiary/aromatic N) is 1. The van der Waals surface area contributed by atoms with Crippen molar-refractivity contribution in [1.29, 1.82) is 0 Å².